The van der Waals surface area contributed by atoms with Crippen LogP contribution in [0.25, 0.3) is 11.3 Å². The zero-order valence-corrected chi connectivity index (χ0v) is 17.9. The lowest BCUT2D eigenvalue weighted by Crippen LogP contribution is -2.32. The van der Waals surface area contributed by atoms with Gasteiger partial charge in [0.2, 0.25) is 0 Å². The van der Waals surface area contributed by atoms with Crippen LogP contribution in [0.5, 0.6) is 11.5 Å². The van der Waals surface area contributed by atoms with Crippen LogP contribution < -0.4 is 15.2 Å². The van der Waals surface area contributed by atoms with E-state index in [-0.39, 0.29) is 5.69 Å². The SMILES string of the molecule is COc1ccc(-c2[nH]ncc2CN(C)[C@H]2CCc3nn(C)c(=O)n3CC2)cc1OC. The minimum Gasteiger partial charge on any atom is -0.493 e. The number of ether oxygens (including phenoxy) is 2. The highest BCUT2D eigenvalue weighted by atomic mass is 16.5. The normalized spacial score (nSPS) is 16.4. The number of aromatic amines is 1. The van der Waals surface area contributed by atoms with E-state index in [0.29, 0.717) is 24.1 Å². The van der Waals surface area contributed by atoms with Gasteiger partial charge in [0.25, 0.3) is 0 Å². The van der Waals surface area contributed by atoms with Gasteiger partial charge in [-0.25, -0.2) is 9.48 Å². The minimum atomic E-state index is -0.0288. The number of nitrogens with one attached hydrogen (secondary N) is 1. The van der Waals surface area contributed by atoms with Gasteiger partial charge in [-0.05, 0) is 38.1 Å². The molecule has 2 aromatic heterocycles. The van der Waals surface area contributed by atoms with E-state index in [1.807, 2.05) is 24.4 Å². The lowest BCUT2D eigenvalue weighted by atomic mass is 10.0. The molecule has 0 aliphatic carbocycles. The van der Waals surface area contributed by atoms with E-state index < -0.39 is 0 Å². The van der Waals surface area contributed by atoms with Crippen molar-refractivity contribution in [1.82, 2.24) is 29.4 Å². The Kier molecular flexibility index (Phi) is 5.63. The van der Waals surface area contributed by atoms with Crippen LogP contribution >= 0.6 is 0 Å². The summed E-state index contributed by atoms with van der Waals surface area (Å²) in [6, 6.07) is 6.22. The zero-order valence-electron chi connectivity index (χ0n) is 17.9. The van der Waals surface area contributed by atoms with E-state index in [1.54, 1.807) is 25.8 Å². The van der Waals surface area contributed by atoms with E-state index in [1.165, 1.54) is 4.68 Å². The van der Waals surface area contributed by atoms with Crippen molar-refractivity contribution < 1.29 is 9.47 Å². The van der Waals surface area contributed by atoms with Crippen molar-refractivity contribution in [3.05, 3.63) is 46.3 Å². The third kappa shape index (κ3) is 3.72. The number of fused-ring (bicyclic) bond motifs is 1. The van der Waals surface area contributed by atoms with Crippen molar-refractivity contribution in [2.75, 3.05) is 21.3 Å². The lowest BCUT2D eigenvalue weighted by molar-refractivity contribution is 0.210. The molecule has 1 aliphatic heterocycles. The first-order valence-corrected chi connectivity index (χ1v) is 10.1. The molecule has 1 N–H and O–H groups in total. The van der Waals surface area contributed by atoms with Crippen LogP contribution in [0, 0.1) is 0 Å². The third-order valence-electron chi connectivity index (χ3n) is 5.90. The number of benzene rings is 1. The molecule has 1 atom stereocenters. The molecule has 0 saturated carbocycles. The van der Waals surface area contributed by atoms with Gasteiger partial charge in [0, 0.05) is 43.7 Å². The third-order valence-corrected chi connectivity index (χ3v) is 5.90. The Morgan fingerprint density at radius 2 is 2.03 bits per heavy atom. The first-order chi connectivity index (χ1) is 14.5. The number of methoxy groups -OCH3 is 2. The Bertz CT molecular complexity index is 1080. The molecule has 9 nitrogen and oxygen atoms in total. The molecule has 0 fully saturated rings. The summed E-state index contributed by atoms with van der Waals surface area (Å²) in [5, 5.41) is 11.8. The van der Waals surface area contributed by atoms with E-state index in [2.05, 4.69) is 27.2 Å². The maximum absolute atomic E-state index is 12.2. The van der Waals surface area contributed by atoms with Gasteiger partial charge >= 0.3 is 5.69 Å². The zero-order chi connectivity index (χ0) is 21.3. The number of rotatable bonds is 6. The molecule has 3 heterocycles. The van der Waals surface area contributed by atoms with E-state index in [4.69, 9.17) is 9.47 Å². The number of hydrogen-bond donors (Lipinski definition) is 1. The quantitative estimate of drug-likeness (QED) is 0.664. The second-order valence-corrected chi connectivity index (χ2v) is 7.71. The molecule has 0 amide bonds. The average Bonchev–Trinajstić information content (AvgIpc) is 3.24. The van der Waals surface area contributed by atoms with Crippen LogP contribution in [0.4, 0.5) is 0 Å². The van der Waals surface area contributed by atoms with Gasteiger partial charge in [0.15, 0.2) is 11.5 Å². The molecule has 0 saturated heterocycles. The molecule has 9 heteroatoms. The fraction of sp³-hybridized carbons (Fsp3) is 0.476. The fourth-order valence-electron chi connectivity index (χ4n) is 4.19. The van der Waals surface area contributed by atoms with Crippen molar-refractivity contribution in [3.63, 3.8) is 0 Å². The van der Waals surface area contributed by atoms with E-state index in [0.717, 1.165) is 48.5 Å². The smallest absolute Gasteiger partial charge is 0.345 e. The van der Waals surface area contributed by atoms with Gasteiger partial charge in [-0.2, -0.15) is 10.2 Å². The van der Waals surface area contributed by atoms with Gasteiger partial charge in [-0.1, -0.05) is 0 Å². The van der Waals surface area contributed by atoms with Crippen molar-refractivity contribution in [1.29, 1.82) is 0 Å². The molecule has 4 rings (SSSR count). The minimum absolute atomic E-state index is 0.0288. The maximum Gasteiger partial charge on any atom is 0.345 e. The number of hydrogen-bond acceptors (Lipinski definition) is 6. The predicted molar refractivity (Wildman–Crippen MR) is 113 cm³/mol. The summed E-state index contributed by atoms with van der Waals surface area (Å²) in [4.78, 5) is 14.6. The summed E-state index contributed by atoms with van der Waals surface area (Å²) in [7, 11) is 7.10. The fourth-order valence-corrected chi connectivity index (χ4v) is 4.19. The van der Waals surface area contributed by atoms with Gasteiger partial charge in [0.05, 0.1) is 26.1 Å². The van der Waals surface area contributed by atoms with Gasteiger partial charge in [-0.15, -0.1) is 0 Å². The highest BCUT2D eigenvalue weighted by Crippen LogP contribution is 2.33. The molecule has 0 spiro atoms. The molecule has 3 aromatic rings. The summed E-state index contributed by atoms with van der Waals surface area (Å²) in [6.45, 7) is 1.45. The van der Waals surface area contributed by atoms with Crippen molar-refractivity contribution in [2.24, 2.45) is 7.05 Å². The van der Waals surface area contributed by atoms with Crippen LogP contribution in [0.15, 0.2) is 29.2 Å². The first kappa shape index (κ1) is 20.2. The lowest BCUT2D eigenvalue weighted by Gasteiger charge is -2.26. The molecule has 0 bridgehead atoms. The van der Waals surface area contributed by atoms with Crippen LogP contribution in [-0.4, -0.2) is 56.8 Å². The predicted octanol–water partition coefficient (Wildman–Crippen LogP) is 1.83. The van der Waals surface area contributed by atoms with Crippen LogP contribution in [0.3, 0.4) is 0 Å². The van der Waals surface area contributed by atoms with Gasteiger partial charge in [-0.3, -0.25) is 14.6 Å². The van der Waals surface area contributed by atoms with Crippen LogP contribution in [-0.2, 0) is 26.6 Å². The summed E-state index contributed by atoms with van der Waals surface area (Å²) >= 11 is 0. The molecular formula is C21H28N6O3. The Morgan fingerprint density at radius 1 is 1.23 bits per heavy atom. The molecular weight excluding hydrogens is 384 g/mol. The second-order valence-electron chi connectivity index (χ2n) is 7.71. The van der Waals surface area contributed by atoms with Crippen molar-refractivity contribution in [2.45, 2.75) is 38.4 Å². The molecule has 0 unspecified atom stereocenters. The Morgan fingerprint density at radius 3 is 2.80 bits per heavy atom. The molecule has 160 valence electrons. The topological polar surface area (TPSA) is 90.2 Å². The maximum atomic E-state index is 12.2. The number of H-pyrrole nitrogens is 1. The summed E-state index contributed by atoms with van der Waals surface area (Å²) in [5.74, 6) is 2.26. The highest BCUT2D eigenvalue weighted by molar-refractivity contribution is 5.66. The van der Waals surface area contributed by atoms with E-state index in [9.17, 15) is 4.79 Å². The van der Waals surface area contributed by atoms with Crippen LogP contribution in [0.1, 0.15) is 24.2 Å². The molecule has 1 aromatic carbocycles. The monoisotopic (exact) mass is 412 g/mol. The number of aryl methyl sites for hydroxylation is 2. The van der Waals surface area contributed by atoms with Crippen LogP contribution in [0.2, 0.25) is 0 Å². The number of aromatic nitrogens is 5. The summed E-state index contributed by atoms with van der Waals surface area (Å²) < 4.78 is 14.0. The largest absolute Gasteiger partial charge is 0.493 e. The molecule has 0 radical (unpaired) electrons. The molecule has 1 aliphatic rings. The molecule has 30 heavy (non-hydrogen) atoms. The average molecular weight is 412 g/mol. The Hall–Kier alpha value is -3.07. The van der Waals surface area contributed by atoms with Crippen molar-refractivity contribution in [3.8, 4) is 22.8 Å². The summed E-state index contributed by atoms with van der Waals surface area (Å²) in [6.07, 6.45) is 4.56. The van der Waals surface area contributed by atoms with Gasteiger partial charge in [0.1, 0.15) is 5.82 Å². The second kappa shape index (κ2) is 8.35. The summed E-state index contributed by atoms with van der Waals surface area (Å²) in [5.41, 5.74) is 3.05. The first-order valence-electron chi connectivity index (χ1n) is 10.1. The standard InChI is InChI=1S/C21H28N6O3/c1-25(16-6-8-19-24-26(2)21(28)27(19)10-9-16)13-15-12-22-23-20(15)14-5-7-17(29-3)18(11-14)30-4/h5,7,11-12,16H,6,8-10,13H2,1-4H3,(H,22,23)/t16-/m0/s1. The van der Waals surface area contributed by atoms with E-state index >= 15 is 0 Å². The Balaban J connectivity index is 1.49. The Labute approximate surface area is 175 Å². The van der Waals surface area contributed by atoms with Crippen molar-refractivity contribution >= 4 is 0 Å². The number of nitrogens with zero attached hydrogens (tertiary/aromatic N) is 5. The highest BCUT2D eigenvalue weighted by Gasteiger charge is 2.24. The van der Waals surface area contributed by atoms with Gasteiger partial charge < -0.3 is 9.47 Å².